The Hall–Kier alpha value is -1.81. The van der Waals surface area contributed by atoms with E-state index in [2.05, 4.69) is 28.2 Å². The molecule has 0 fully saturated rings. The molecule has 0 unspecified atom stereocenters. The average molecular weight is 334 g/mol. The summed E-state index contributed by atoms with van der Waals surface area (Å²) in [7, 11) is 0. The van der Waals surface area contributed by atoms with Crippen LogP contribution in [0.1, 0.15) is 28.4 Å². The molecule has 0 heterocycles. The second-order valence-electron chi connectivity index (χ2n) is 4.63. The van der Waals surface area contributed by atoms with Crippen molar-refractivity contribution in [2.24, 2.45) is 0 Å². The predicted octanol–water partition coefficient (Wildman–Crippen LogP) is 4.76. The van der Waals surface area contributed by atoms with Crippen molar-refractivity contribution in [3.05, 3.63) is 57.6 Å². The number of aryl methyl sites for hydroxylation is 2. The third kappa shape index (κ3) is 3.20. The molecule has 3 nitrogen and oxygen atoms in total. The maximum atomic E-state index is 11.3. The summed E-state index contributed by atoms with van der Waals surface area (Å²) in [4.78, 5) is 11.3. The number of hydrogen-bond donors (Lipinski definition) is 2. The van der Waals surface area contributed by atoms with Gasteiger partial charge in [0.25, 0.3) is 0 Å². The number of benzene rings is 2. The van der Waals surface area contributed by atoms with E-state index in [1.54, 1.807) is 12.1 Å². The van der Waals surface area contributed by atoms with Gasteiger partial charge in [0.2, 0.25) is 0 Å². The molecule has 0 aliphatic rings. The normalized spacial score (nSPS) is 10.3. The standard InChI is InChI=1S/C16H16BrNO2/c1-3-11-9-12(17)5-7-14(11)18-15-8-10(2)4-6-13(15)16(19)20/h4-9,18H,3H2,1-2H3,(H,19,20). The van der Waals surface area contributed by atoms with Crippen LogP contribution in [0, 0.1) is 6.92 Å². The fourth-order valence-corrected chi connectivity index (χ4v) is 2.48. The van der Waals surface area contributed by atoms with Gasteiger partial charge in [0.05, 0.1) is 11.3 Å². The zero-order chi connectivity index (χ0) is 14.7. The molecule has 0 aliphatic heterocycles. The van der Waals surface area contributed by atoms with Gasteiger partial charge in [0.15, 0.2) is 0 Å². The van der Waals surface area contributed by atoms with Gasteiger partial charge in [-0.2, -0.15) is 0 Å². The minimum Gasteiger partial charge on any atom is -0.478 e. The molecule has 0 aromatic heterocycles. The lowest BCUT2D eigenvalue weighted by atomic mass is 10.1. The molecule has 2 aromatic rings. The summed E-state index contributed by atoms with van der Waals surface area (Å²) in [6, 6.07) is 11.2. The molecule has 0 radical (unpaired) electrons. The van der Waals surface area contributed by atoms with E-state index in [1.165, 1.54) is 0 Å². The molecule has 0 saturated heterocycles. The number of rotatable bonds is 4. The molecule has 0 atom stereocenters. The zero-order valence-corrected chi connectivity index (χ0v) is 13.0. The third-order valence-corrected chi connectivity index (χ3v) is 3.62. The lowest BCUT2D eigenvalue weighted by molar-refractivity contribution is 0.0698. The Morgan fingerprint density at radius 3 is 2.60 bits per heavy atom. The number of halogens is 1. The molecule has 0 amide bonds. The Bertz CT molecular complexity index is 653. The summed E-state index contributed by atoms with van der Waals surface area (Å²) < 4.78 is 1.02. The molecule has 2 aromatic carbocycles. The van der Waals surface area contributed by atoms with Crippen molar-refractivity contribution < 1.29 is 9.90 Å². The SMILES string of the molecule is CCc1cc(Br)ccc1Nc1cc(C)ccc1C(=O)O. The first-order chi connectivity index (χ1) is 9.51. The van der Waals surface area contributed by atoms with Gasteiger partial charge in [-0.25, -0.2) is 4.79 Å². The van der Waals surface area contributed by atoms with Gasteiger partial charge in [-0.05, 0) is 54.8 Å². The van der Waals surface area contributed by atoms with E-state index >= 15 is 0 Å². The average Bonchev–Trinajstić information content (AvgIpc) is 2.40. The van der Waals surface area contributed by atoms with Crippen molar-refractivity contribution in [2.75, 3.05) is 5.32 Å². The van der Waals surface area contributed by atoms with Crippen LogP contribution >= 0.6 is 15.9 Å². The van der Waals surface area contributed by atoms with Crippen LogP contribution in [-0.2, 0) is 6.42 Å². The van der Waals surface area contributed by atoms with Crippen LogP contribution in [0.5, 0.6) is 0 Å². The van der Waals surface area contributed by atoms with E-state index in [0.29, 0.717) is 5.69 Å². The summed E-state index contributed by atoms with van der Waals surface area (Å²) >= 11 is 3.45. The summed E-state index contributed by atoms with van der Waals surface area (Å²) in [5, 5.41) is 12.5. The molecule has 2 N–H and O–H groups in total. The fraction of sp³-hybridized carbons (Fsp3) is 0.188. The van der Waals surface area contributed by atoms with Crippen molar-refractivity contribution >= 4 is 33.3 Å². The van der Waals surface area contributed by atoms with Gasteiger partial charge in [0, 0.05) is 10.2 Å². The van der Waals surface area contributed by atoms with Crippen LogP contribution < -0.4 is 5.32 Å². The van der Waals surface area contributed by atoms with Crippen LogP contribution in [0.2, 0.25) is 0 Å². The fourth-order valence-electron chi connectivity index (χ4n) is 2.07. The quantitative estimate of drug-likeness (QED) is 0.847. The predicted molar refractivity (Wildman–Crippen MR) is 84.9 cm³/mol. The summed E-state index contributed by atoms with van der Waals surface area (Å²) in [6.45, 7) is 4.01. The van der Waals surface area contributed by atoms with Gasteiger partial charge in [0.1, 0.15) is 0 Å². The molecule has 0 bridgehead atoms. The molecule has 2 rings (SSSR count). The number of anilines is 2. The molecular weight excluding hydrogens is 318 g/mol. The Morgan fingerprint density at radius 1 is 1.20 bits per heavy atom. The smallest absolute Gasteiger partial charge is 0.337 e. The van der Waals surface area contributed by atoms with E-state index in [-0.39, 0.29) is 5.56 Å². The van der Waals surface area contributed by atoms with E-state index in [4.69, 9.17) is 0 Å². The molecule has 4 heteroatoms. The first-order valence-electron chi connectivity index (χ1n) is 6.40. The van der Waals surface area contributed by atoms with Crippen molar-refractivity contribution in [2.45, 2.75) is 20.3 Å². The van der Waals surface area contributed by atoms with E-state index in [0.717, 1.165) is 27.7 Å². The Balaban J connectivity index is 2.44. The van der Waals surface area contributed by atoms with Gasteiger partial charge in [-0.15, -0.1) is 0 Å². The van der Waals surface area contributed by atoms with E-state index in [9.17, 15) is 9.90 Å². The highest BCUT2D eigenvalue weighted by atomic mass is 79.9. The van der Waals surface area contributed by atoms with E-state index in [1.807, 2.05) is 31.2 Å². The Morgan fingerprint density at radius 2 is 1.95 bits per heavy atom. The number of carboxylic acids is 1. The van der Waals surface area contributed by atoms with Crippen molar-refractivity contribution in [1.82, 2.24) is 0 Å². The summed E-state index contributed by atoms with van der Waals surface area (Å²) in [5.74, 6) is -0.928. The van der Waals surface area contributed by atoms with Crippen molar-refractivity contribution in [1.29, 1.82) is 0 Å². The van der Waals surface area contributed by atoms with Gasteiger partial charge in [-0.3, -0.25) is 0 Å². The topological polar surface area (TPSA) is 49.3 Å². The number of nitrogens with one attached hydrogen (secondary N) is 1. The lowest BCUT2D eigenvalue weighted by Gasteiger charge is -2.14. The van der Waals surface area contributed by atoms with Crippen molar-refractivity contribution in [3.8, 4) is 0 Å². The summed E-state index contributed by atoms with van der Waals surface area (Å²) in [6.07, 6.45) is 0.871. The Labute approximate surface area is 126 Å². The number of carboxylic acid groups (broad SMARTS) is 1. The van der Waals surface area contributed by atoms with Crippen LogP contribution in [0.15, 0.2) is 40.9 Å². The lowest BCUT2D eigenvalue weighted by Crippen LogP contribution is -2.04. The summed E-state index contributed by atoms with van der Waals surface area (Å²) in [5.41, 5.74) is 3.99. The highest BCUT2D eigenvalue weighted by Gasteiger charge is 2.11. The molecule has 0 aliphatic carbocycles. The molecular formula is C16H16BrNO2. The maximum Gasteiger partial charge on any atom is 0.337 e. The first-order valence-corrected chi connectivity index (χ1v) is 7.20. The second kappa shape index (κ2) is 6.09. The minimum absolute atomic E-state index is 0.278. The highest BCUT2D eigenvalue weighted by Crippen LogP contribution is 2.27. The van der Waals surface area contributed by atoms with Crippen LogP contribution in [0.3, 0.4) is 0 Å². The van der Waals surface area contributed by atoms with Gasteiger partial charge < -0.3 is 10.4 Å². The largest absolute Gasteiger partial charge is 0.478 e. The number of hydrogen-bond acceptors (Lipinski definition) is 2. The first kappa shape index (κ1) is 14.6. The van der Waals surface area contributed by atoms with E-state index < -0.39 is 5.97 Å². The zero-order valence-electron chi connectivity index (χ0n) is 11.4. The monoisotopic (exact) mass is 333 g/mol. The van der Waals surface area contributed by atoms with Crippen LogP contribution in [-0.4, -0.2) is 11.1 Å². The number of aromatic carboxylic acids is 1. The van der Waals surface area contributed by atoms with Gasteiger partial charge >= 0.3 is 5.97 Å². The maximum absolute atomic E-state index is 11.3. The van der Waals surface area contributed by atoms with Gasteiger partial charge in [-0.1, -0.05) is 28.9 Å². The second-order valence-corrected chi connectivity index (χ2v) is 5.55. The third-order valence-electron chi connectivity index (χ3n) is 3.12. The van der Waals surface area contributed by atoms with Crippen molar-refractivity contribution in [3.63, 3.8) is 0 Å². The number of carbonyl (C=O) groups is 1. The molecule has 0 spiro atoms. The molecule has 20 heavy (non-hydrogen) atoms. The molecule has 0 saturated carbocycles. The Kier molecular flexibility index (Phi) is 4.45. The highest BCUT2D eigenvalue weighted by molar-refractivity contribution is 9.10. The molecule has 104 valence electrons. The van der Waals surface area contributed by atoms with Crippen LogP contribution in [0.25, 0.3) is 0 Å². The van der Waals surface area contributed by atoms with Crippen LogP contribution in [0.4, 0.5) is 11.4 Å². The minimum atomic E-state index is -0.928.